The summed E-state index contributed by atoms with van der Waals surface area (Å²) in [6, 6.07) is 0. The summed E-state index contributed by atoms with van der Waals surface area (Å²) in [6.45, 7) is 8.69. The number of rotatable bonds is 6. The first-order valence-electron chi connectivity index (χ1n) is 6.49. The summed E-state index contributed by atoms with van der Waals surface area (Å²) in [7, 11) is -3.33. The molecule has 5 nitrogen and oxygen atoms in total. The van der Waals surface area contributed by atoms with Crippen LogP contribution in [0.2, 0.25) is 0 Å². The topological polar surface area (TPSA) is 61.4 Å². The molecule has 0 aromatic rings. The van der Waals surface area contributed by atoms with Crippen LogP contribution in [-0.4, -0.2) is 44.4 Å². The largest absolute Gasteiger partial charge is 0.314 e. The molecule has 0 radical (unpaired) electrons. The summed E-state index contributed by atoms with van der Waals surface area (Å²) in [5.41, 5.74) is -0.288. The lowest BCUT2D eigenvalue weighted by molar-refractivity contribution is 0.307. The maximum atomic E-state index is 12.3. The van der Waals surface area contributed by atoms with Crippen LogP contribution in [0, 0.1) is 0 Å². The van der Waals surface area contributed by atoms with Gasteiger partial charge in [0, 0.05) is 31.7 Å². The van der Waals surface area contributed by atoms with E-state index in [-0.39, 0.29) is 5.54 Å². The van der Waals surface area contributed by atoms with Crippen molar-refractivity contribution in [2.24, 2.45) is 0 Å². The van der Waals surface area contributed by atoms with Gasteiger partial charge in [-0.05, 0) is 19.3 Å². The summed E-state index contributed by atoms with van der Waals surface area (Å²) < 4.78 is 29.0. The molecule has 0 saturated carbocycles. The zero-order chi connectivity index (χ0) is 12.9. The Hall–Kier alpha value is -0.170. The van der Waals surface area contributed by atoms with Crippen molar-refractivity contribution in [1.29, 1.82) is 0 Å². The first-order valence-corrected chi connectivity index (χ1v) is 7.93. The summed E-state index contributed by atoms with van der Waals surface area (Å²) in [5.74, 6) is 0. The van der Waals surface area contributed by atoms with Crippen molar-refractivity contribution < 1.29 is 8.42 Å². The fraction of sp³-hybridized carbons (Fsp3) is 1.00. The lowest BCUT2D eigenvalue weighted by Gasteiger charge is -2.35. The Morgan fingerprint density at radius 3 is 2.00 bits per heavy atom. The van der Waals surface area contributed by atoms with Crippen molar-refractivity contribution in [2.75, 3.05) is 26.2 Å². The normalized spacial score (nSPS) is 19.5. The fourth-order valence-corrected chi connectivity index (χ4v) is 3.96. The zero-order valence-electron chi connectivity index (χ0n) is 11.1. The maximum Gasteiger partial charge on any atom is 0.280 e. The van der Waals surface area contributed by atoms with E-state index in [1.807, 2.05) is 20.8 Å². The van der Waals surface area contributed by atoms with E-state index in [0.29, 0.717) is 13.1 Å². The van der Waals surface area contributed by atoms with Crippen LogP contribution in [0.5, 0.6) is 0 Å². The van der Waals surface area contributed by atoms with Gasteiger partial charge in [0.2, 0.25) is 0 Å². The van der Waals surface area contributed by atoms with Crippen LogP contribution in [0.3, 0.4) is 0 Å². The van der Waals surface area contributed by atoms with E-state index < -0.39 is 10.2 Å². The molecular formula is C11H25N3O2S. The molecule has 0 spiro atoms. The lowest BCUT2D eigenvalue weighted by Crippen LogP contribution is -2.56. The van der Waals surface area contributed by atoms with Gasteiger partial charge < -0.3 is 5.32 Å². The maximum absolute atomic E-state index is 12.3. The second-order valence-corrected chi connectivity index (χ2v) is 6.27. The fourth-order valence-electron chi connectivity index (χ4n) is 2.19. The summed E-state index contributed by atoms with van der Waals surface area (Å²) >= 11 is 0. The molecule has 1 aliphatic rings. The molecule has 0 aliphatic carbocycles. The van der Waals surface area contributed by atoms with E-state index in [2.05, 4.69) is 10.0 Å². The first-order chi connectivity index (χ1) is 7.99. The van der Waals surface area contributed by atoms with Crippen LogP contribution >= 0.6 is 0 Å². The van der Waals surface area contributed by atoms with Crippen molar-refractivity contribution in [3.63, 3.8) is 0 Å². The molecule has 0 aromatic carbocycles. The first kappa shape index (κ1) is 14.9. The molecule has 0 amide bonds. The molecular weight excluding hydrogens is 238 g/mol. The van der Waals surface area contributed by atoms with E-state index >= 15 is 0 Å². The molecule has 102 valence electrons. The molecule has 2 N–H and O–H groups in total. The van der Waals surface area contributed by atoms with Crippen molar-refractivity contribution in [2.45, 2.75) is 45.6 Å². The molecule has 1 heterocycles. The minimum atomic E-state index is -3.33. The van der Waals surface area contributed by atoms with E-state index in [0.717, 1.165) is 32.4 Å². The van der Waals surface area contributed by atoms with E-state index in [1.54, 1.807) is 4.31 Å². The van der Waals surface area contributed by atoms with Crippen molar-refractivity contribution >= 4 is 10.2 Å². The van der Waals surface area contributed by atoms with Crippen LogP contribution in [0.25, 0.3) is 0 Å². The third kappa shape index (κ3) is 3.64. The molecule has 0 unspecified atom stereocenters. The highest BCUT2D eigenvalue weighted by atomic mass is 32.2. The standard InChI is InChI=1S/C11H25N3O2S/c1-4-11(5-2,6-3)13-17(15,16)14-9-7-12-8-10-14/h12-13H,4-10H2,1-3H3. The Balaban J connectivity index is 2.76. The van der Waals surface area contributed by atoms with Gasteiger partial charge in [0.25, 0.3) is 10.2 Å². The summed E-state index contributed by atoms with van der Waals surface area (Å²) in [5, 5.41) is 3.16. The number of piperazine rings is 1. The Labute approximate surface area is 105 Å². The van der Waals surface area contributed by atoms with Gasteiger partial charge in [0.1, 0.15) is 0 Å². The van der Waals surface area contributed by atoms with Gasteiger partial charge in [-0.1, -0.05) is 20.8 Å². The highest BCUT2D eigenvalue weighted by molar-refractivity contribution is 7.87. The third-order valence-corrected chi connectivity index (χ3v) is 5.53. The molecule has 17 heavy (non-hydrogen) atoms. The molecule has 0 bridgehead atoms. The molecule has 0 atom stereocenters. The second-order valence-electron chi connectivity index (χ2n) is 4.60. The Kier molecular flexibility index (Phi) is 5.37. The molecule has 1 saturated heterocycles. The van der Waals surface area contributed by atoms with E-state index in [4.69, 9.17) is 0 Å². The lowest BCUT2D eigenvalue weighted by atomic mass is 9.91. The molecule has 6 heteroatoms. The third-order valence-electron chi connectivity index (χ3n) is 3.79. The van der Waals surface area contributed by atoms with Crippen LogP contribution in [0.4, 0.5) is 0 Å². The predicted molar refractivity (Wildman–Crippen MR) is 70.1 cm³/mol. The van der Waals surface area contributed by atoms with Gasteiger partial charge in [-0.2, -0.15) is 17.4 Å². The number of hydrogen-bond donors (Lipinski definition) is 2. The molecule has 1 aliphatic heterocycles. The van der Waals surface area contributed by atoms with Crippen LogP contribution in [0.15, 0.2) is 0 Å². The highest BCUT2D eigenvalue weighted by Gasteiger charge is 2.33. The van der Waals surface area contributed by atoms with Gasteiger partial charge in [0.15, 0.2) is 0 Å². The average Bonchev–Trinajstić information content (AvgIpc) is 2.37. The Morgan fingerprint density at radius 1 is 1.12 bits per heavy atom. The van der Waals surface area contributed by atoms with Crippen molar-refractivity contribution in [1.82, 2.24) is 14.3 Å². The number of nitrogens with zero attached hydrogens (tertiary/aromatic N) is 1. The second kappa shape index (κ2) is 6.13. The van der Waals surface area contributed by atoms with Crippen molar-refractivity contribution in [3.8, 4) is 0 Å². The van der Waals surface area contributed by atoms with Crippen LogP contribution in [0.1, 0.15) is 40.0 Å². The van der Waals surface area contributed by atoms with Crippen LogP contribution < -0.4 is 10.0 Å². The highest BCUT2D eigenvalue weighted by Crippen LogP contribution is 2.21. The van der Waals surface area contributed by atoms with Gasteiger partial charge in [-0.15, -0.1) is 0 Å². The van der Waals surface area contributed by atoms with E-state index in [1.165, 1.54) is 0 Å². The van der Waals surface area contributed by atoms with Gasteiger partial charge >= 0.3 is 0 Å². The monoisotopic (exact) mass is 263 g/mol. The average molecular weight is 263 g/mol. The molecule has 0 aromatic heterocycles. The Bertz CT molecular complexity index is 311. The summed E-state index contributed by atoms with van der Waals surface area (Å²) in [6.07, 6.45) is 2.47. The number of nitrogens with one attached hydrogen (secondary N) is 2. The number of hydrogen-bond acceptors (Lipinski definition) is 3. The molecule has 1 fully saturated rings. The SMILES string of the molecule is CCC(CC)(CC)NS(=O)(=O)N1CCNCC1. The van der Waals surface area contributed by atoms with Gasteiger partial charge in [-0.25, -0.2) is 0 Å². The zero-order valence-corrected chi connectivity index (χ0v) is 11.9. The minimum Gasteiger partial charge on any atom is -0.314 e. The van der Waals surface area contributed by atoms with Gasteiger partial charge in [-0.3, -0.25) is 0 Å². The van der Waals surface area contributed by atoms with E-state index in [9.17, 15) is 8.42 Å². The molecule has 1 rings (SSSR count). The predicted octanol–water partition coefficient (Wildman–Crippen LogP) is 0.695. The quantitative estimate of drug-likeness (QED) is 0.741. The minimum absolute atomic E-state index is 0.288. The smallest absolute Gasteiger partial charge is 0.280 e. The van der Waals surface area contributed by atoms with Crippen molar-refractivity contribution in [3.05, 3.63) is 0 Å². The Morgan fingerprint density at radius 2 is 1.59 bits per heavy atom. The van der Waals surface area contributed by atoms with Crippen LogP contribution in [-0.2, 0) is 10.2 Å². The summed E-state index contributed by atoms with van der Waals surface area (Å²) in [4.78, 5) is 0. The van der Waals surface area contributed by atoms with Gasteiger partial charge in [0.05, 0.1) is 0 Å².